The number of rotatable bonds is 4. The summed E-state index contributed by atoms with van der Waals surface area (Å²) in [5.41, 5.74) is 1.01. The van der Waals surface area contributed by atoms with E-state index in [-0.39, 0.29) is 0 Å². The lowest BCUT2D eigenvalue weighted by Crippen LogP contribution is -2.35. The van der Waals surface area contributed by atoms with Gasteiger partial charge in [0, 0.05) is 18.9 Å². The van der Waals surface area contributed by atoms with E-state index in [4.69, 9.17) is 0 Å². The number of imidazole rings is 1. The summed E-state index contributed by atoms with van der Waals surface area (Å²) in [5.74, 6) is 1.94. The van der Waals surface area contributed by atoms with Crippen molar-refractivity contribution in [1.82, 2.24) is 14.3 Å². The minimum Gasteiger partial charge on any atom is -0.371 e. The molecule has 1 saturated heterocycles. The van der Waals surface area contributed by atoms with Gasteiger partial charge in [-0.1, -0.05) is 13.0 Å². The molecule has 4 heteroatoms. The first-order valence-corrected chi connectivity index (χ1v) is 7.25. The van der Waals surface area contributed by atoms with Crippen molar-refractivity contribution in [3.05, 3.63) is 30.6 Å². The maximum absolute atomic E-state index is 4.31. The third-order valence-electron chi connectivity index (χ3n) is 4.15. The second-order valence-electron chi connectivity index (χ2n) is 5.33. The van der Waals surface area contributed by atoms with Gasteiger partial charge in [-0.2, -0.15) is 0 Å². The number of hydrogen-bond donors (Lipinski definition) is 1. The maximum Gasteiger partial charge on any atom is 0.138 e. The maximum atomic E-state index is 4.31. The third-order valence-corrected chi connectivity index (χ3v) is 4.15. The molecular formula is C15H22N4. The molecule has 1 fully saturated rings. The molecule has 3 heterocycles. The zero-order valence-electron chi connectivity index (χ0n) is 11.5. The van der Waals surface area contributed by atoms with Crippen LogP contribution in [-0.2, 0) is 0 Å². The number of piperidine rings is 1. The molecule has 19 heavy (non-hydrogen) atoms. The van der Waals surface area contributed by atoms with E-state index in [1.165, 1.54) is 32.5 Å². The number of pyridine rings is 1. The Bertz CT molecular complexity index is 526. The predicted molar refractivity (Wildman–Crippen MR) is 78.5 cm³/mol. The molecule has 3 rings (SSSR count). The SMILES string of the molecule is CCN1CCC(CNc2cccc3nccn23)CC1. The number of nitrogens with zero attached hydrogens (tertiary/aromatic N) is 3. The molecule has 0 aromatic carbocycles. The summed E-state index contributed by atoms with van der Waals surface area (Å²) in [7, 11) is 0. The monoisotopic (exact) mass is 258 g/mol. The molecule has 1 aliphatic rings. The van der Waals surface area contributed by atoms with Crippen LogP contribution >= 0.6 is 0 Å². The first-order valence-electron chi connectivity index (χ1n) is 7.25. The molecule has 0 radical (unpaired) electrons. The highest BCUT2D eigenvalue weighted by Gasteiger charge is 2.17. The standard InChI is InChI=1S/C15H22N4/c1-2-18-9-6-13(7-10-18)12-17-15-5-3-4-14-16-8-11-19(14)15/h3-5,8,11,13,17H,2,6-7,9-10,12H2,1H3. The van der Waals surface area contributed by atoms with E-state index in [1.807, 2.05) is 18.5 Å². The number of fused-ring (bicyclic) bond motifs is 1. The second kappa shape index (κ2) is 5.61. The largest absolute Gasteiger partial charge is 0.371 e. The van der Waals surface area contributed by atoms with Crippen molar-refractivity contribution in [1.29, 1.82) is 0 Å². The van der Waals surface area contributed by atoms with Gasteiger partial charge in [0.2, 0.25) is 0 Å². The Balaban J connectivity index is 1.59. The molecule has 4 nitrogen and oxygen atoms in total. The highest BCUT2D eigenvalue weighted by Crippen LogP contribution is 2.18. The highest BCUT2D eigenvalue weighted by atomic mass is 15.1. The van der Waals surface area contributed by atoms with E-state index >= 15 is 0 Å². The minimum atomic E-state index is 0.793. The van der Waals surface area contributed by atoms with Crippen molar-refractivity contribution in [2.24, 2.45) is 5.92 Å². The Morgan fingerprint density at radius 3 is 2.95 bits per heavy atom. The highest BCUT2D eigenvalue weighted by molar-refractivity contribution is 5.49. The van der Waals surface area contributed by atoms with Crippen molar-refractivity contribution in [3.63, 3.8) is 0 Å². The molecule has 0 bridgehead atoms. The molecule has 0 aliphatic carbocycles. The number of hydrogen-bond acceptors (Lipinski definition) is 3. The molecule has 1 N–H and O–H groups in total. The summed E-state index contributed by atoms with van der Waals surface area (Å²) in [6, 6.07) is 6.21. The minimum absolute atomic E-state index is 0.793. The van der Waals surface area contributed by atoms with Gasteiger partial charge in [-0.05, 0) is 50.5 Å². The molecule has 0 amide bonds. The van der Waals surface area contributed by atoms with E-state index in [2.05, 4.69) is 38.7 Å². The van der Waals surface area contributed by atoms with E-state index in [0.29, 0.717) is 0 Å². The predicted octanol–water partition coefficient (Wildman–Crippen LogP) is 2.48. The average Bonchev–Trinajstić information content (AvgIpc) is 2.94. The molecule has 0 unspecified atom stereocenters. The molecule has 0 spiro atoms. The zero-order chi connectivity index (χ0) is 13.1. The fourth-order valence-corrected chi connectivity index (χ4v) is 2.85. The van der Waals surface area contributed by atoms with Crippen molar-refractivity contribution in [3.8, 4) is 0 Å². The van der Waals surface area contributed by atoms with E-state index < -0.39 is 0 Å². The Kier molecular flexibility index (Phi) is 3.69. The molecule has 1 aliphatic heterocycles. The van der Waals surface area contributed by atoms with Crippen LogP contribution in [0.1, 0.15) is 19.8 Å². The van der Waals surface area contributed by atoms with Gasteiger partial charge < -0.3 is 10.2 Å². The third kappa shape index (κ3) is 2.73. The van der Waals surface area contributed by atoms with Crippen LogP contribution < -0.4 is 5.32 Å². The van der Waals surface area contributed by atoms with Gasteiger partial charge in [0.05, 0.1) is 0 Å². The molecular weight excluding hydrogens is 236 g/mol. The van der Waals surface area contributed by atoms with Crippen LogP contribution in [-0.4, -0.2) is 40.5 Å². The van der Waals surface area contributed by atoms with Crippen LogP contribution in [0.4, 0.5) is 5.82 Å². The summed E-state index contributed by atoms with van der Waals surface area (Å²) in [6.07, 6.45) is 6.47. The number of anilines is 1. The molecule has 0 atom stereocenters. The first kappa shape index (κ1) is 12.5. The fourth-order valence-electron chi connectivity index (χ4n) is 2.85. The first-order chi connectivity index (χ1) is 9.36. The Hall–Kier alpha value is -1.55. The lowest BCUT2D eigenvalue weighted by atomic mass is 9.97. The fraction of sp³-hybridized carbons (Fsp3) is 0.533. The van der Waals surface area contributed by atoms with Gasteiger partial charge in [0.1, 0.15) is 11.5 Å². The van der Waals surface area contributed by atoms with Gasteiger partial charge in [0.15, 0.2) is 0 Å². The van der Waals surface area contributed by atoms with Gasteiger partial charge in [-0.25, -0.2) is 4.98 Å². The number of nitrogens with one attached hydrogen (secondary N) is 1. The molecule has 102 valence electrons. The van der Waals surface area contributed by atoms with Crippen molar-refractivity contribution in [2.75, 3.05) is 31.5 Å². The van der Waals surface area contributed by atoms with Gasteiger partial charge in [-0.15, -0.1) is 0 Å². The van der Waals surface area contributed by atoms with Crippen LogP contribution in [0.5, 0.6) is 0 Å². The van der Waals surface area contributed by atoms with Crippen LogP contribution in [0.15, 0.2) is 30.6 Å². The summed E-state index contributed by atoms with van der Waals surface area (Å²) in [5, 5.41) is 3.58. The quantitative estimate of drug-likeness (QED) is 0.914. The van der Waals surface area contributed by atoms with E-state index in [9.17, 15) is 0 Å². The second-order valence-corrected chi connectivity index (χ2v) is 5.33. The molecule has 2 aromatic rings. The summed E-state index contributed by atoms with van der Waals surface area (Å²) in [4.78, 5) is 6.85. The van der Waals surface area contributed by atoms with E-state index in [1.54, 1.807) is 0 Å². The van der Waals surface area contributed by atoms with Crippen LogP contribution in [0.2, 0.25) is 0 Å². The van der Waals surface area contributed by atoms with Crippen molar-refractivity contribution < 1.29 is 0 Å². The van der Waals surface area contributed by atoms with Crippen LogP contribution in [0, 0.1) is 5.92 Å². The number of aromatic nitrogens is 2. The van der Waals surface area contributed by atoms with E-state index in [0.717, 1.165) is 23.9 Å². The summed E-state index contributed by atoms with van der Waals surface area (Å²) in [6.45, 7) is 7.00. The number of likely N-dealkylation sites (tertiary alicyclic amines) is 1. The van der Waals surface area contributed by atoms with Crippen LogP contribution in [0.3, 0.4) is 0 Å². The molecule has 2 aromatic heterocycles. The summed E-state index contributed by atoms with van der Waals surface area (Å²) >= 11 is 0. The molecule has 0 saturated carbocycles. The average molecular weight is 258 g/mol. The lowest BCUT2D eigenvalue weighted by Gasteiger charge is -2.31. The van der Waals surface area contributed by atoms with Crippen molar-refractivity contribution >= 4 is 11.5 Å². The topological polar surface area (TPSA) is 32.6 Å². The van der Waals surface area contributed by atoms with Crippen molar-refractivity contribution in [2.45, 2.75) is 19.8 Å². The van der Waals surface area contributed by atoms with Gasteiger partial charge in [0.25, 0.3) is 0 Å². The Morgan fingerprint density at radius 1 is 1.32 bits per heavy atom. The Labute approximate surface area is 114 Å². The Morgan fingerprint density at radius 2 is 2.16 bits per heavy atom. The lowest BCUT2D eigenvalue weighted by molar-refractivity contribution is 0.198. The van der Waals surface area contributed by atoms with Crippen LogP contribution in [0.25, 0.3) is 5.65 Å². The normalized spacial score (nSPS) is 17.9. The zero-order valence-corrected chi connectivity index (χ0v) is 11.5. The van der Waals surface area contributed by atoms with Gasteiger partial charge in [-0.3, -0.25) is 4.40 Å². The summed E-state index contributed by atoms with van der Waals surface area (Å²) < 4.78 is 2.11. The van der Waals surface area contributed by atoms with Gasteiger partial charge >= 0.3 is 0 Å². The smallest absolute Gasteiger partial charge is 0.138 e.